The zero-order valence-corrected chi connectivity index (χ0v) is 11.2. The van der Waals surface area contributed by atoms with Gasteiger partial charge in [0.2, 0.25) is 0 Å². The molecule has 0 aliphatic heterocycles. The quantitative estimate of drug-likeness (QED) is 0.873. The van der Waals surface area contributed by atoms with Gasteiger partial charge in [-0.05, 0) is 33.3 Å². The minimum Gasteiger partial charge on any atom is -0.480 e. The molecule has 0 saturated heterocycles. The van der Waals surface area contributed by atoms with E-state index >= 15 is 0 Å². The number of amides is 1. The van der Waals surface area contributed by atoms with Crippen LogP contribution in [0.5, 0.6) is 0 Å². The fourth-order valence-electron chi connectivity index (χ4n) is 1.79. The number of nitrogens with zero attached hydrogens (tertiary/aromatic N) is 1. The highest BCUT2D eigenvalue weighted by Gasteiger charge is 2.25. The van der Waals surface area contributed by atoms with E-state index in [9.17, 15) is 9.59 Å². The number of carbonyl (C=O) groups is 2. The molecular formula is C13H19NO4. The van der Waals surface area contributed by atoms with Crippen LogP contribution in [0.1, 0.15) is 42.1 Å². The van der Waals surface area contributed by atoms with Gasteiger partial charge in [0.25, 0.3) is 5.91 Å². The Balaban J connectivity index is 3.02. The van der Waals surface area contributed by atoms with E-state index in [1.165, 1.54) is 4.90 Å². The molecule has 1 heterocycles. The van der Waals surface area contributed by atoms with Crippen LogP contribution in [0.25, 0.3) is 0 Å². The lowest BCUT2D eigenvalue weighted by Crippen LogP contribution is -2.41. The van der Waals surface area contributed by atoms with Crippen molar-refractivity contribution in [1.82, 2.24) is 4.90 Å². The van der Waals surface area contributed by atoms with Gasteiger partial charge in [0.1, 0.15) is 18.1 Å². The Hall–Kier alpha value is -1.78. The number of carbonyl (C=O) groups excluding carboxylic acids is 1. The lowest BCUT2D eigenvalue weighted by Gasteiger charge is -2.26. The van der Waals surface area contributed by atoms with E-state index in [0.717, 1.165) is 0 Å². The third kappa shape index (κ3) is 3.12. The highest BCUT2D eigenvalue weighted by Crippen LogP contribution is 2.18. The third-order valence-electron chi connectivity index (χ3n) is 2.96. The molecule has 18 heavy (non-hydrogen) atoms. The molecule has 5 nitrogen and oxygen atoms in total. The molecule has 0 bridgehead atoms. The van der Waals surface area contributed by atoms with Crippen molar-refractivity contribution in [1.29, 1.82) is 0 Å². The summed E-state index contributed by atoms with van der Waals surface area (Å²) in [6, 6.07) is 1.53. The fraction of sp³-hybridized carbons (Fsp3) is 0.538. The number of hydrogen-bond acceptors (Lipinski definition) is 3. The Morgan fingerprint density at radius 1 is 1.44 bits per heavy atom. The molecule has 0 aliphatic rings. The van der Waals surface area contributed by atoms with E-state index in [1.54, 1.807) is 19.9 Å². The number of aliphatic carboxylic acids is 1. The van der Waals surface area contributed by atoms with Gasteiger partial charge < -0.3 is 14.4 Å². The summed E-state index contributed by atoms with van der Waals surface area (Å²) in [4.78, 5) is 24.5. The number of hydrogen-bond donors (Lipinski definition) is 1. The average Bonchev–Trinajstić information content (AvgIpc) is 2.63. The third-order valence-corrected chi connectivity index (χ3v) is 2.96. The Bertz CT molecular complexity index is 450. The second kappa shape index (κ2) is 5.71. The number of carboxylic acids is 1. The van der Waals surface area contributed by atoms with Crippen LogP contribution in [-0.2, 0) is 4.79 Å². The van der Waals surface area contributed by atoms with Gasteiger partial charge in [-0.25, -0.2) is 0 Å². The molecule has 1 unspecified atom stereocenters. The van der Waals surface area contributed by atoms with Crippen LogP contribution in [0.4, 0.5) is 0 Å². The predicted molar refractivity (Wildman–Crippen MR) is 66.6 cm³/mol. The highest BCUT2D eigenvalue weighted by molar-refractivity contribution is 5.97. The lowest BCUT2D eigenvalue weighted by molar-refractivity contribution is -0.138. The topological polar surface area (TPSA) is 70.8 Å². The maximum atomic E-state index is 12.3. The molecule has 0 fully saturated rings. The van der Waals surface area contributed by atoms with Crippen LogP contribution in [0, 0.1) is 13.8 Å². The normalized spacial score (nSPS) is 12.2. The van der Waals surface area contributed by atoms with E-state index in [-0.39, 0.29) is 18.5 Å². The molecule has 5 heteroatoms. The van der Waals surface area contributed by atoms with E-state index < -0.39 is 5.97 Å². The summed E-state index contributed by atoms with van der Waals surface area (Å²) in [6.07, 6.45) is 0.703. The van der Waals surface area contributed by atoms with Crippen LogP contribution >= 0.6 is 0 Å². The molecule has 1 atom stereocenters. The van der Waals surface area contributed by atoms with Crippen LogP contribution in [0.3, 0.4) is 0 Å². The summed E-state index contributed by atoms with van der Waals surface area (Å²) in [7, 11) is 0. The number of aryl methyl sites for hydroxylation is 2. The van der Waals surface area contributed by atoms with Crippen molar-refractivity contribution in [2.24, 2.45) is 0 Å². The van der Waals surface area contributed by atoms with Crippen LogP contribution in [0.2, 0.25) is 0 Å². The standard InChI is InChI=1S/C13H19NO4/c1-5-8(2)14(7-12(15)16)13(17)11-6-9(3)18-10(11)4/h6,8H,5,7H2,1-4H3,(H,15,16). The first-order valence-corrected chi connectivity index (χ1v) is 5.96. The van der Waals surface area contributed by atoms with Gasteiger partial charge in [-0.2, -0.15) is 0 Å². The zero-order chi connectivity index (χ0) is 13.9. The van der Waals surface area contributed by atoms with Crippen molar-refractivity contribution in [3.8, 4) is 0 Å². The molecule has 1 aromatic rings. The van der Waals surface area contributed by atoms with Crippen molar-refractivity contribution >= 4 is 11.9 Å². The first-order valence-electron chi connectivity index (χ1n) is 5.96. The number of carboxylic acid groups (broad SMARTS) is 1. The summed E-state index contributed by atoms with van der Waals surface area (Å²) in [6.45, 7) is 6.92. The summed E-state index contributed by atoms with van der Waals surface area (Å²) in [5.74, 6) is -0.130. The lowest BCUT2D eigenvalue weighted by atomic mass is 10.1. The minimum atomic E-state index is -1.01. The van der Waals surface area contributed by atoms with Gasteiger partial charge in [-0.15, -0.1) is 0 Å². The molecule has 0 aliphatic carbocycles. The van der Waals surface area contributed by atoms with Crippen LogP contribution in [0.15, 0.2) is 10.5 Å². The van der Waals surface area contributed by atoms with E-state index in [0.29, 0.717) is 23.5 Å². The Morgan fingerprint density at radius 2 is 2.06 bits per heavy atom. The number of rotatable bonds is 5. The van der Waals surface area contributed by atoms with E-state index in [1.807, 2.05) is 13.8 Å². The summed E-state index contributed by atoms with van der Waals surface area (Å²) < 4.78 is 5.31. The Morgan fingerprint density at radius 3 is 2.44 bits per heavy atom. The van der Waals surface area contributed by atoms with Gasteiger partial charge in [-0.1, -0.05) is 6.92 Å². The summed E-state index contributed by atoms with van der Waals surface area (Å²) >= 11 is 0. The summed E-state index contributed by atoms with van der Waals surface area (Å²) in [5, 5.41) is 8.88. The SMILES string of the molecule is CCC(C)N(CC(=O)O)C(=O)c1cc(C)oc1C. The van der Waals surface area contributed by atoms with Gasteiger partial charge >= 0.3 is 5.97 Å². The first-order chi connectivity index (χ1) is 8.36. The molecule has 0 spiro atoms. The van der Waals surface area contributed by atoms with Gasteiger partial charge in [-0.3, -0.25) is 9.59 Å². The predicted octanol–water partition coefficient (Wildman–Crippen LogP) is 2.22. The molecule has 0 saturated carbocycles. The fourth-order valence-corrected chi connectivity index (χ4v) is 1.79. The van der Waals surface area contributed by atoms with Crippen LogP contribution in [-0.4, -0.2) is 34.5 Å². The Kier molecular flexibility index (Phi) is 4.53. The molecule has 1 amide bonds. The second-order valence-electron chi connectivity index (χ2n) is 4.41. The first kappa shape index (κ1) is 14.3. The molecule has 0 radical (unpaired) electrons. The maximum absolute atomic E-state index is 12.3. The van der Waals surface area contributed by atoms with Crippen molar-refractivity contribution in [2.45, 2.75) is 40.2 Å². The molecule has 100 valence electrons. The molecular weight excluding hydrogens is 234 g/mol. The van der Waals surface area contributed by atoms with Crippen LogP contribution < -0.4 is 0 Å². The second-order valence-corrected chi connectivity index (χ2v) is 4.41. The number of furan rings is 1. The monoisotopic (exact) mass is 253 g/mol. The maximum Gasteiger partial charge on any atom is 0.323 e. The van der Waals surface area contributed by atoms with Gasteiger partial charge in [0.05, 0.1) is 5.56 Å². The zero-order valence-electron chi connectivity index (χ0n) is 11.2. The highest BCUT2D eigenvalue weighted by atomic mass is 16.4. The largest absolute Gasteiger partial charge is 0.480 e. The van der Waals surface area contributed by atoms with Crippen molar-refractivity contribution in [2.75, 3.05) is 6.54 Å². The van der Waals surface area contributed by atoms with Crippen molar-refractivity contribution in [3.63, 3.8) is 0 Å². The van der Waals surface area contributed by atoms with E-state index in [2.05, 4.69) is 0 Å². The minimum absolute atomic E-state index is 0.122. The van der Waals surface area contributed by atoms with Gasteiger partial charge in [0, 0.05) is 6.04 Å². The molecule has 1 rings (SSSR count). The smallest absolute Gasteiger partial charge is 0.323 e. The van der Waals surface area contributed by atoms with Gasteiger partial charge in [0.15, 0.2) is 0 Å². The van der Waals surface area contributed by atoms with Crippen molar-refractivity contribution in [3.05, 3.63) is 23.2 Å². The summed E-state index contributed by atoms with van der Waals surface area (Å²) in [5.41, 5.74) is 0.439. The molecule has 0 aromatic carbocycles. The van der Waals surface area contributed by atoms with E-state index in [4.69, 9.17) is 9.52 Å². The average molecular weight is 253 g/mol. The van der Waals surface area contributed by atoms with Crippen molar-refractivity contribution < 1.29 is 19.1 Å². The molecule has 1 N–H and O–H groups in total. The molecule has 1 aromatic heterocycles. The Labute approximate surface area is 106 Å².